The molecule has 0 saturated carbocycles. The molecule has 0 aliphatic rings. The van der Waals surface area contributed by atoms with Gasteiger partial charge in [0, 0.05) is 11.8 Å². The van der Waals surface area contributed by atoms with Gasteiger partial charge in [0.1, 0.15) is 0 Å². The van der Waals surface area contributed by atoms with Crippen LogP contribution < -0.4 is 5.56 Å². The molecule has 0 fully saturated rings. The zero-order valence-electron chi connectivity index (χ0n) is 7.77. The molecule has 2 rings (SSSR count). The molecule has 76 valence electrons. The van der Waals surface area contributed by atoms with Gasteiger partial charge in [-0.2, -0.15) is 0 Å². The van der Waals surface area contributed by atoms with Crippen LogP contribution in [-0.4, -0.2) is 15.2 Å². The molecule has 0 amide bonds. The van der Waals surface area contributed by atoms with Gasteiger partial charge in [0.15, 0.2) is 5.75 Å². The summed E-state index contributed by atoms with van der Waals surface area (Å²) in [5, 5.41) is 18.8. The molecule has 0 atom stereocenters. The van der Waals surface area contributed by atoms with Crippen LogP contribution in [0.2, 0.25) is 0 Å². The second-order valence-corrected chi connectivity index (χ2v) is 3.09. The zero-order chi connectivity index (χ0) is 10.8. The fraction of sp³-hybridized carbons (Fsp3) is 0. The van der Waals surface area contributed by atoms with Crippen LogP contribution in [0.25, 0.3) is 11.1 Å². The van der Waals surface area contributed by atoms with Gasteiger partial charge in [-0.15, -0.1) is 0 Å². The minimum absolute atomic E-state index is 0.396. The van der Waals surface area contributed by atoms with Gasteiger partial charge in [-0.05, 0) is 5.56 Å². The third kappa shape index (κ3) is 1.57. The van der Waals surface area contributed by atoms with Crippen LogP contribution in [0.15, 0.2) is 41.3 Å². The third-order valence-corrected chi connectivity index (χ3v) is 2.13. The van der Waals surface area contributed by atoms with Gasteiger partial charge in [0.25, 0.3) is 5.56 Å². The van der Waals surface area contributed by atoms with E-state index >= 15 is 0 Å². The van der Waals surface area contributed by atoms with Crippen molar-refractivity contribution < 1.29 is 10.2 Å². The molecule has 0 spiro atoms. The lowest BCUT2D eigenvalue weighted by Crippen LogP contribution is -2.04. The first-order valence-electron chi connectivity index (χ1n) is 4.39. The number of nitrogens with one attached hydrogen (secondary N) is 1. The van der Waals surface area contributed by atoms with E-state index in [-0.39, 0.29) is 0 Å². The Balaban J connectivity index is 2.65. The van der Waals surface area contributed by atoms with Crippen LogP contribution in [-0.2, 0) is 0 Å². The summed E-state index contributed by atoms with van der Waals surface area (Å²) >= 11 is 0. The summed E-state index contributed by atoms with van der Waals surface area (Å²) in [5.41, 5.74) is 0.418. The summed E-state index contributed by atoms with van der Waals surface area (Å²) in [7, 11) is 0. The van der Waals surface area contributed by atoms with Crippen LogP contribution in [0.4, 0.5) is 0 Å². The lowest BCUT2D eigenvalue weighted by atomic mass is 10.1. The van der Waals surface area contributed by atoms with E-state index in [9.17, 15) is 15.0 Å². The molecule has 15 heavy (non-hydrogen) atoms. The average Bonchev–Trinajstić information content (AvgIpc) is 2.27. The lowest BCUT2D eigenvalue weighted by Gasteiger charge is -2.04. The monoisotopic (exact) mass is 203 g/mol. The summed E-state index contributed by atoms with van der Waals surface area (Å²) in [4.78, 5) is 13.3. The SMILES string of the molecule is O=c1[nH]cc(-c2ccccc2)c(O)c1O. The van der Waals surface area contributed by atoms with E-state index in [1.807, 2.05) is 6.07 Å². The van der Waals surface area contributed by atoms with E-state index in [1.165, 1.54) is 6.20 Å². The Hall–Kier alpha value is -2.23. The fourth-order valence-electron chi connectivity index (χ4n) is 1.35. The predicted molar refractivity (Wildman–Crippen MR) is 55.8 cm³/mol. The molecule has 0 radical (unpaired) electrons. The number of benzene rings is 1. The molecule has 0 bridgehead atoms. The number of rotatable bonds is 1. The van der Waals surface area contributed by atoms with E-state index < -0.39 is 17.1 Å². The third-order valence-electron chi connectivity index (χ3n) is 2.13. The first-order valence-corrected chi connectivity index (χ1v) is 4.39. The van der Waals surface area contributed by atoms with Gasteiger partial charge >= 0.3 is 0 Å². The van der Waals surface area contributed by atoms with Crippen molar-refractivity contribution in [1.29, 1.82) is 0 Å². The molecule has 0 unspecified atom stereocenters. The molecule has 4 nitrogen and oxygen atoms in total. The highest BCUT2D eigenvalue weighted by molar-refractivity contribution is 5.71. The second kappa shape index (κ2) is 3.49. The first-order chi connectivity index (χ1) is 7.20. The van der Waals surface area contributed by atoms with Crippen LogP contribution in [0.1, 0.15) is 0 Å². The van der Waals surface area contributed by atoms with Gasteiger partial charge in [-0.1, -0.05) is 30.3 Å². The van der Waals surface area contributed by atoms with Crippen LogP contribution in [0.3, 0.4) is 0 Å². The van der Waals surface area contributed by atoms with Crippen LogP contribution >= 0.6 is 0 Å². The molecular weight excluding hydrogens is 194 g/mol. The Morgan fingerprint density at radius 2 is 1.67 bits per heavy atom. The van der Waals surface area contributed by atoms with Crippen molar-refractivity contribution >= 4 is 0 Å². The van der Waals surface area contributed by atoms with E-state index in [0.717, 1.165) is 5.56 Å². The molecule has 1 heterocycles. The number of H-pyrrole nitrogens is 1. The molecule has 3 N–H and O–H groups in total. The normalized spacial score (nSPS) is 10.1. The van der Waals surface area contributed by atoms with Gasteiger partial charge in [-0.25, -0.2) is 0 Å². The summed E-state index contributed by atoms with van der Waals surface area (Å²) in [6.07, 6.45) is 1.37. The molecule has 1 aromatic carbocycles. The number of hydrogen-bond donors (Lipinski definition) is 3. The number of aromatic nitrogens is 1. The van der Waals surface area contributed by atoms with Gasteiger partial charge in [-0.3, -0.25) is 4.79 Å². The molecule has 4 heteroatoms. The molecule has 2 aromatic rings. The highest BCUT2D eigenvalue weighted by atomic mass is 16.3. The minimum Gasteiger partial charge on any atom is -0.504 e. The maximum atomic E-state index is 11.0. The maximum absolute atomic E-state index is 11.0. The number of aromatic hydroxyl groups is 2. The van der Waals surface area contributed by atoms with Crippen molar-refractivity contribution in [2.75, 3.05) is 0 Å². The molecule has 1 aromatic heterocycles. The summed E-state index contributed by atoms with van der Waals surface area (Å²) in [6.45, 7) is 0. The Labute approximate surface area is 85.5 Å². The lowest BCUT2D eigenvalue weighted by molar-refractivity contribution is 0.399. The van der Waals surface area contributed by atoms with Crippen molar-refractivity contribution in [3.63, 3.8) is 0 Å². The van der Waals surface area contributed by atoms with Crippen molar-refractivity contribution in [3.05, 3.63) is 46.9 Å². The first kappa shape index (κ1) is 9.33. The summed E-state index contributed by atoms with van der Waals surface area (Å²) in [6, 6.07) is 8.99. The Morgan fingerprint density at radius 1 is 1.00 bits per heavy atom. The minimum atomic E-state index is -0.702. The largest absolute Gasteiger partial charge is 0.504 e. The standard InChI is InChI=1S/C11H9NO3/c13-9-8(6-12-11(15)10(9)14)7-4-2-1-3-5-7/h1-6,14H,(H2,12,13,15). The number of aromatic amines is 1. The average molecular weight is 203 g/mol. The smallest absolute Gasteiger partial charge is 0.294 e. The maximum Gasteiger partial charge on any atom is 0.294 e. The van der Waals surface area contributed by atoms with E-state index in [0.29, 0.717) is 5.56 Å². The topological polar surface area (TPSA) is 73.3 Å². The van der Waals surface area contributed by atoms with Gasteiger partial charge < -0.3 is 15.2 Å². The second-order valence-electron chi connectivity index (χ2n) is 3.09. The fourth-order valence-corrected chi connectivity index (χ4v) is 1.35. The Kier molecular flexibility index (Phi) is 2.17. The van der Waals surface area contributed by atoms with Crippen LogP contribution in [0.5, 0.6) is 11.5 Å². The molecule has 0 aliphatic heterocycles. The quantitative estimate of drug-likeness (QED) is 0.656. The molecular formula is C11H9NO3. The van der Waals surface area contributed by atoms with Crippen LogP contribution in [0, 0.1) is 0 Å². The predicted octanol–water partition coefficient (Wildman–Crippen LogP) is 1.45. The van der Waals surface area contributed by atoms with Gasteiger partial charge in [0.2, 0.25) is 5.75 Å². The zero-order valence-corrected chi connectivity index (χ0v) is 7.77. The molecule has 0 saturated heterocycles. The Bertz CT molecular complexity index is 531. The van der Waals surface area contributed by atoms with Crippen molar-refractivity contribution in [1.82, 2.24) is 4.98 Å². The van der Waals surface area contributed by atoms with E-state index in [1.54, 1.807) is 24.3 Å². The van der Waals surface area contributed by atoms with Crippen molar-refractivity contribution in [2.24, 2.45) is 0 Å². The summed E-state index contributed by atoms with van der Waals surface area (Å²) < 4.78 is 0. The highest BCUT2D eigenvalue weighted by Crippen LogP contribution is 2.32. The Morgan fingerprint density at radius 3 is 2.33 bits per heavy atom. The number of pyridine rings is 1. The van der Waals surface area contributed by atoms with Crippen molar-refractivity contribution in [3.8, 4) is 22.6 Å². The van der Waals surface area contributed by atoms with E-state index in [4.69, 9.17) is 0 Å². The number of hydrogen-bond acceptors (Lipinski definition) is 3. The van der Waals surface area contributed by atoms with Crippen molar-refractivity contribution in [2.45, 2.75) is 0 Å². The van der Waals surface area contributed by atoms with Gasteiger partial charge in [0.05, 0.1) is 0 Å². The highest BCUT2D eigenvalue weighted by Gasteiger charge is 2.11. The molecule has 0 aliphatic carbocycles. The van der Waals surface area contributed by atoms with E-state index in [2.05, 4.69) is 4.98 Å². The summed E-state index contributed by atoms with van der Waals surface area (Å²) in [5.74, 6) is -1.05.